The first-order valence-corrected chi connectivity index (χ1v) is 7.31. The van der Waals surface area contributed by atoms with Gasteiger partial charge in [-0.1, -0.05) is 6.07 Å². The van der Waals surface area contributed by atoms with Crippen molar-refractivity contribution in [3.8, 4) is 6.07 Å². The summed E-state index contributed by atoms with van der Waals surface area (Å²) in [6.07, 6.45) is 0. The molecule has 1 aromatic carbocycles. The van der Waals surface area contributed by atoms with Gasteiger partial charge < -0.3 is 19.5 Å². The standard InChI is InChI=1S/C16H24N2O3/c1-3-20-9-7-18(8-10-21-4-2)16-6-5-14(13-19)11-15(16)12-17/h5-6,11,19H,3-4,7-10,13H2,1-2H3. The molecular formula is C16H24N2O3. The maximum atomic E-state index is 9.31. The fraction of sp³-hybridized carbons (Fsp3) is 0.562. The van der Waals surface area contributed by atoms with Crippen LogP contribution < -0.4 is 4.90 Å². The third-order valence-corrected chi connectivity index (χ3v) is 3.12. The molecule has 0 aliphatic carbocycles. The first-order chi connectivity index (χ1) is 10.3. The fourth-order valence-electron chi connectivity index (χ4n) is 2.04. The van der Waals surface area contributed by atoms with Crippen molar-refractivity contribution in [3.05, 3.63) is 29.3 Å². The van der Waals surface area contributed by atoms with E-state index in [0.717, 1.165) is 11.3 Å². The van der Waals surface area contributed by atoms with Crippen LogP contribution in [0.15, 0.2) is 18.2 Å². The summed E-state index contributed by atoms with van der Waals surface area (Å²) >= 11 is 0. The van der Waals surface area contributed by atoms with Crippen LogP contribution in [0.25, 0.3) is 0 Å². The zero-order chi connectivity index (χ0) is 15.5. The summed E-state index contributed by atoms with van der Waals surface area (Å²) < 4.78 is 10.8. The summed E-state index contributed by atoms with van der Waals surface area (Å²) in [5.41, 5.74) is 2.16. The predicted octanol–water partition coefficient (Wildman–Crippen LogP) is 1.93. The van der Waals surface area contributed by atoms with E-state index in [9.17, 15) is 10.4 Å². The molecule has 0 spiro atoms. The van der Waals surface area contributed by atoms with E-state index >= 15 is 0 Å². The van der Waals surface area contributed by atoms with Crippen molar-refractivity contribution in [2.75, 3.05) is 44.4 Å². The number of nitriles is 1. The summed E-state index contributed by atoms with van der Waals surface area (Å²) in [6, 6.07) is 7.64. The van der Waals surface area contributed by atoms with Crippen molar-refractivity contribution in [2.24, 2.45) is 0 Å². The Morgan fingerprint density at radius 3 is 2.24 bits per heavy atom. The summed E-state index contributed by atoms with van der Waals surface area (Å²) in [4.78, 5) is 2.09. The molecule has 21 heavy (non-hydrogen) atoms. The minimum atomic E-state index is -0.0626. The van der Waals surface area contributed by atoms with E-state index in [1.807, 2.05) is 26.0 Å². The van der Waals surface area contributed by atoms with Gasteiger partial charge in [0.15, 0.2) is 0 Å². The summed E-state index contributed by atoms with van der Waals surface area (Å²) in [5, 5.41) is 18.5. The molecule has 116 valence electrons. The maximum absolute atomic E-state index is 9.31. The number of aliphatic hydroxyl groups is 1. The van der Waals surface area contributed by atoms with Crippen LogP contribution in [0.4, 0.5) is 5.69 Å². The molecule has 5 nitrogen and oxygen atoms in total. The molecule has 0 fully saturated rings. The molecule has 1 N–H and O–H groups in total. The molecular weight excluding hydrogens is 268 g/mol. The quantitative estimate of drug-likeness (QED) is 0.668. The second-order valence-corrected chi connectivity index (χ2v) is 4.50. The lowest BCUT2D eigenvalue weighted by Crippen LogP contribution is -2.31. The number of nitrogens with zero attached hydrogens (tertiary/aromatic N) is 2. The van der Waals surface area contributed by atoms with E-state index in [1.54, 1.807) is 6.07 Å². The number of rotatable bonds is 10. The number of benzene rings is 1. The molecule has 0 bridgehead atoms. The molecule has 0 aliphatic rings. The maximum Gasteiger partial charge on any atom is 0.101 e. The van der Waals surface area contributed by atoms with Gasteiger partial charge in [-0.2, -0.15) is 5.26 Å². The predicted molar refractivity (Wildman–Crippen MR) is 82.3 cm³/mol. The highest BCUT2D eigenvalue weighted by Gasteiger charge is 2.12. The van der Waals surface area contributed by atoms with E-state index < -0.39 is 0 Å². The highest BCUT2D eigenvalue weighted by Crippen LogP contribution is 2.21. The summed E-state index contributed by atoms with van der Waals surface area (Å²) in [5.74, 6) is 0. The summed E-state index contributed by atoms with van der Waals surface area (Å²) in [7, 11) is 0. The van der Waals surface area contributed by atoms with Crippen molar-refractivity contribution in [1.82, 2.24) is 0 Å². The number of hydrogen-bond donors (Lipinski definition) is 1. The van der Waals surface area contributed by atoms with Gasteiger partial charge in [-0.05, 0) is 31.5 Å². The monoisotopic (exact) mass is 292 g/mol. The normalized spacial score (nSPS) is 10.4. The molecule has 0 aromatic heterocycles. The average molecular weight is 292 g/mol. The van der Waals surface area contributed by atoms with E-state index in [2.05, 4.69) is 11.0 Å². The molecule has 0 heterocycles. The average Bonchev–Trinajstić information content (AvgIpc) is 2.53. The number of ether oxygens (including phenoxy) is 2. The second kappa shape index (κ2) is 10.2. The smallest absolute Gasteiger partial charge is 0.101 e. The van der Waals surface area contributed by atoms with Crippen LogP contribution in [0, 0.1) is 11.3 Å². The Bertz CT molecular complexity index is 447. The van der Waals surface area contributed by atoms with E-state index in [-0.39, 0.29) is 6.61 Å². The van der Waals surface area contributed by atoms with Gasteiger partial charge in [-0.15, -0.1) is 0 Å². The Labute approximate surface area is 126 Å². The second-order valence-electron chi connectivity index (χ2n) is 4.50. The Balaban J connectivity index is 2.87. The molecule has 5 heteroatoms. The zero-order valence-electron chi connectivity index (χ0n) is 12.8. The third kappa shape index (κ3) is 5.72. The number of aliphatic hydroxyl groups excluding tert-OH is 1. The van der Waals surface area contributed by atoms with E-state index in [4.69, 9.17) is 9.47 Å². The van der Waals surface area contributed by atoms with Gasteiger partial charge in [0.25, 0.3) is 0 Å². The van der Waals surface area contributed by atoms with Gasteiger partial charge in [-0.3, -0.25) is 0 Å². The lowest BCUT2D eigenvalue weighted by atomic mass is 10.1. The highest BCUT2D eigenvalue weighted by molar-refractivity contribution is 5.60. The van der Waals surface area contributed by atoms with Crippen LogP contribution >= 0.6 is 0 Å². The first kappa shape index (κ1) is 17.4. The third-order valence-electron chi connectivity index (χ3n) is 3.12. The van der Waals surface area contributed by atoms with Crippen molar-refractivity contribution in [1.29, 1.82) is 5.26 Å². The SMILES string of the molecule is CCOCCN(CCOCC)c1ccc(CO)cc1C#N. The van der Waals surface area contributed by atoms with Gasteiger partial charge in [-0.25, -0.2) is 0 Å². The molecule has 0 atom stereocenters. The Hall–Kier alpha value is -1.61. The van der Waals surface area contributed by atoms with Crippen LogP contribution in [0.2, 0.25) is 0 Å². The van der Waals surface area contributed by atoms with Crippen LogP contribution in [-0.2, 0) is 16.1 Å². The van der Waals surface area contributed by atoms with Crippen LogP contribution in [0.1, 0.15) is 25.0 Å². The van der Waals surface area contributed by atoms with Gasteiger partial charge in [0.05, 0.1) is 31.1 Å². The Morgan fingerprint density at radius 1 is 1.14 bits per heavy atom. The van der Waals surface area contributed by atoms with Gasteiger partial charge in [0.1, 0.15) is 6.07 Å². The molecule has 0 saturated heterocycles. The lowest BCUT2D eigenvalue weighted by Gasteiger charge is -2.26. The minimum absolute atomic E-state index is 0.0626. The van der Waals surface area contributed by atoms with E-state index in [0.29, 0.717) is 45.1 Å². The van der Waals surface area contributed by atoms with Crippen molar-refractivity contribution >= 4 is 5.69 Å². The van der Waals surface area contributed by atoms with E-state index in [1.165, 1.54) is 0 Å². The summed E-state index contributed by atoms with van der Waals surface area (Å²) in [6.45, 7) is 7.82. The van der Waals surface area contributed by atoms with Crippen molar-refractivity contribution in [3.63, 3.8) is 0 Å². The molecule has 0 unspecified atom stereocenters. The molecule has 0 radical (unpaired) electrons. The Kier molecular flexibility index (Phi) is 8.44. The van der Waals surface area contributed by atoms with Crippen molar-refractivity contribution in [2.45, 2.75) is 20.5 Å². The molecule has 0 amide bonds. The fourth-order valence-corrected chi connectivity index (χ4v) is 2.04. The van der Waals surface area contributed by atoms with Gasteiger partial charge in [0, 0.05) is 26.3 Å². The molecule has 0 aliphatic heterocycles. The number of anilines is 1. The zero-order valence-corrected chi connectivity index (χ0v) is 12.8. The van der Waals surface area contributed by atoms with Crippen LogP contribution in [-0.4, -0.2) is 44.6 Å². The highest BCUT2D eigenvalue weighted by atomic mass is 16.5. The topological polar surface area (TPSA) is 65.7 Å². The van der Waals surface area contributed by atoms with Crippen molar-refractivity contribution < 1.29 is 14.6 Å². The minimum Gasteiger partial charge on any atom is -0.392 e. The lowest BCUT2D eigenvalue weighted by molar-refractivity contribution is 0.141. The largest absolute Gasteiger partial charge is 0.392 e. The van der Waals surface area contributed by atoms with Gasteiger partial charge in [0.2, 0.25) is 0 Å². The van der Waals surface area contributed by atoms with Gasteiger partial charge >= 0.3 is 0 Å². The Morgan fingerprint density at radius 2 is 1.76 bits per heavy atom. The molecule has 1 rings (SSSR count). The number of hydrogen-bond acceptors (Lipinski definition) is 5. The first-order valence-electron chi connectivity index (χ1n) is 7.31. The molecule has 0 saturated carbocycles. The van der Waals surface area contributed by atoms with Crippen LogP contribution in [0.3, 0.4) is 0 Å². The van der Waals surface area contributed by atoms with Crippen LogP contribution in [0.5, 0.6) is 0 Å². The molecule has 1 aromatic rings.